The predicted molar refractivity (Wildman–Crippen MR) is 80.1 cm³/mol. The van der Waals surface area contributed by atoms with E-state index in [-0.39, 0.29) is 5.91 Å². The van der Waals surface area contributed by atoms with Gasteiger partial charge in [-0.1, -0.05) is 5.21 Å². The third-order valence-electron chi connectivity index (χ3n) is 3.19. The fourth-order valence-electron chi connectivity index (χ4n) is 2.21. The summed E-state index contributed by atoms with van der Waals surface area (Å²) in [5, 5.41) is 15.6. The number of carbonyl (C=O) groups excluding carboxylic acids is 1. The molecule has 9 heteroatoms. The summed E-state index contributed by atoms with van der Waals surface area (Å²) < 4.78 is 3.40. The molecular formula is C12H15N7OS. The summed E-state index contributed by atoms with van der Waals surface area (Å²) in [6.07, 6.45) is 3.34. The van der Waals surface area contributed by atoms with Crippen LogP contribution in [0.3, 0.4) is 0 Å². The highest BCUT2D eigenvalue weighted by Gasteiger charge is 2.20. The molecule has 0 spiro atoms. The van der Waals surface area contributed by atoms with E-state index in [1.165, 1.54) is 11.3 Å². The van der Waals surface area contributed by atoms with Gasteiger partial charge in [0.15, 0.2) is 0 Å². The Hall–Kier alpha value is -2.42. The van der Waals surface area contributed by atoms with Crippen LogP contribution in [0, 0.1) is 6.92 Å². The Balaban J connectivity index is 1.75. The number of amides is 1. The van der Waals surface area contributed by atoms with Gasteiger partial charge < -0.3 is 11.1 Å². The summed E-state index contributed by atoms with van der Waals surface area (Å²) in [7, 11) is 1.84. The van der Waals surface area contributed by atoms with Gasteiger partial charge >= 0.3 is 0 Å². The Labute approximate surface area is 124 Å². The number of carbonyl (C=O) groups is 1. The number of hydrogen-bond donors (Lipinski definition) is 2. The van der Waals surface area contributed by atoms with Crippen LogP contribution in [0.15, 0.2) is 12.4 Å². The molecule has 0 aliphatic rings. The lowest BCUT2D eigenvalue weighted by atomic mass is 10.2. The van der Waals surface area contributed by atoms with Crippen LogP contribution in [-0.2, 0) is 13.6 Å². The van der Waals surface area contributed by atoms with E-state index < -0.39 is 0 Å². The third kappa shape index (κ3) is 2.35. The molecule has 3 aromatic heterocycles. The monoisotopic (exact) mass is 305 g/mol. The first kappa shape index (κ1) is 13.6. The van der Waals surface area contributed by atoms with Crippen LogP contribution in [0.5, 0.6) is 0 Å². The summed E-state index contributed by atoms with van der Waals surface area (Å²) in [5.74, 6) is -0.173. The number of aromatic nitrogens is 5. The van der Waals surface area contributed by atoms with E-state index in [0.29, 0.717) is 23.7 Å². The van der Waals surface area contributed by atoms with E-state index in [9.17, 15) is 4.79 Å². The van der Waals surface area contributed by atoms with Crippen molar-refractivity contribution in [1.82, 2.24) is 30.1 Å². The highest BCUT2D eigenvalue weighted by atomic mass is 32.1. The highest BCUT2D eigenvalue weighted by Crippen LogP contribution is 2.35. The predicted octanol–water partition coefficient (Wildman–Crippen LogP) is 0.547. The molecule has 1 amide bonds. The number of nitrogens with zero attached hydrogens (tertiary/aromatic N) is 5. The maximum Gasteiger partial charge on any atom is 0.263 e. The largest absolute Gasteiger partial charge is 0.397 e. The van der Waals surface area contributed by atoms with Gasteiger partial charge in [0.25, 0.3) is 5.91 Å². The average molecular weight is 305 g/mol. The number of nitrogen functional groups attached to an aromatic ring is 1. The molecule has 0 radical (unpaired) electrons. The molecule has 0 atom stereocenters. The molecule has 3 rings (SSSR count). The van der Waals surface area contributed by atoms with Crippen molar-refractivity contribution < 1.29 is 4.79 Å². The minimum Gasteiger partial charge on any atom is -0.397 e. The van der Waals surface area contributed by atoms with Crippen LogP contribution in [0.25, 0.3) is 10.2 Å². The van der Waals surface area contributed by atoms with E-state index in [0.717, 1.165) is 15.9 Å². The van der Waals surface area contributed by atoms with Crippen molar-refractivity contribution in [3.63, 3.8) is 0 Å². The van der Waals surface area contributed by atoms with Gasteiger partial charge in [-0.3, -0.25) is 14.2 Å². The molecule has 0 bridgehead atoms. The molecular weight excluding hydrogens is 290 g/mol. The third-order valence-corrected chi connectivity index (χ3v) is 4.46. The molecule has 0 saturated carbocycles. The first-order chi connectivity index (χ1) is 10.1. The van der Waals surface area contributed by atoms with E-state index in [2.05, 4.69) is 20.7 Å². The Morgan fingerprint density at radius 1 is 1.52 bits per heavy atom. The minimum atomic E-state index is -0.173. The molecule has 0 aliphatic heterocycles. The van der Waals surface area contributed by atoms with Crippen molar-refractivity contribution in [2.45, 2.75) is 13.5 Å². The summed E-state index contributed by atoms with van der Waals surface area (Å²) in [4.78, 5) is 13.7. The lowest BCUT2D eigenvalue weighted by molar-refractivity contribution is 0.0957. The molecule has 3 aromatic rings. The van der Waals surface area contributed by atoms with Crippen molar-refractivity contribution >= 4 is 33.1 Å². The standard InChI is InChI=1S/C12H15N7OS/c1-7-8-9(13)10(21-12(8)18(2)16-7)11(20)14-3-5-19-6-4-15-17-19/h4,6H,3,5,13H2,1-2H3,(H,14,20). The first-order valence-electron chi connectivity index (χ1n) is 6.41. The summed E-state index contributed by atoms with van der Waals surface area (Å²) in [6.45, 7) is 2.92. The number of rotatable bonds is 4. The molecule has 8 nitrogen and oxygen atoms in total. The lowest BCUT2D eigenvalue weighted by Gasteiger charge is -2.04. The molecule has 0 unspecified atom stereocenters. The Kier molecular flexibility index (Phi) is 3.34. The summed E-state index contributed by atoms with van der Waals surface area (Å²) in [6, 6.07) is 0. The fourth-order valence-corrected chi connectivity index (χ4v) is 3.32. The average Bonchev–Trinajstić information content (AvgIpc) is 3.11. The second-order valence-electron chi connectivity index (χ2n) is 4.66. The second kappa shape index (κ2) is 5.17. The molecule has 21 heavy (non-hydrogen) atoms. The maximum absolute atomic E-state index is 12.2. The molecule has 110 valence electrons. The van der Waals surface area contributed by atoms with E-state index in [4.69, 9.17) is 5.73 Å². The zero-order chi connectivity index (χ0) is 15.0. The van der Waals surface area contributed by atoms with E-state index in [1.807, 2.05) is 14.0 Å². The number of anilines is 1. The number of thiophene rings is 1. The molecule has 3 heterocycles. The normalized spacial score (nSPS) is 11.1. The SMILES string of the molecule is Cc1nn(C)c2sc(C(=O)NCCn3ccnn3)c(N)c12. The Morgan fingerprint density at radius 3 is 3.00 bits per heavy atom. The van der Waals surface area contributed by atoms with Crippen molar-refractivity contribution in [3.05, 3.63) is 23.0 Å². The van der Waals surface area contributed by atoms with Gasteiger partial charge in [-0.15, -0.1) is 16.4 Å². The first-order valence-corrected chi connectivity index (χ1v) is 7.23. The molecule has 0 aliphatic carbocycles. The van der Waals surface area contributed by atoms with E-state index >= 15 is 0 Å². The molecule has 0 aromatic carbocycles. The van der Waals surface area contributed by atoms with Gasteiger partial charge in [0.1, 0.15) is 9.71 Å². The van der Waals surface area contributed by atoms with Crippen LogP contribution in [0.4, 0.5) is 5.69 Å². The number of aryl methyl sites for hydroxylation is 2. The van der Waals surface area contributed by atoms with Crippen LogP contribution in [0.2, 0.25) is 0 Å². The van der Waals surface area contributed by atoms with Crippen LogP contribution < -0.4 is 11.1 Å². The van der Waals surface area contributed by atoms with Crippen molar-refractivity contribution in [3.8, 4) is 0 Å². The quantitative estimate of drug-likeness (QED) is 0.732. The number of nitrogens with two attached hydrogens (primary N) is 1. The number of nitrogens with one attached hydrogen (secondary N) is 1. The molecule has 0 fully saturated rings. The van der Waals surface area contributed by atoms with Gasteiger partial charge in [-0.05, 0) is 6.92 Å². The summed E-state index contributed by atoms with van der Waals surface area (Å²) >= 11 is 1.36. The maximum atomic E-state index is 12.2. The van der Waals surface area contributed by atoms with E-state index in [1.54, 1.807) is 21.8 Å². The highest BCUT2D eigenvalue weighted by molar-refractivity contribution is 7.21. The van der Waals surface area contributed by atoms with Gasteiger partial charge in [0.05, 0.1) is 29.5 Å². The van der Waals surface area contributed by atoms with Crippen molar-refractivity contribution in [2.24, 2.45) is 7.05 Å². The fraction of sp³-hybridized carbons (Fsp3) is 0.333. The van der Waals surface area contributed by atoms with Crippen molar-refractivity contribution in [1.29, 1.82) is 0 Å². The molecule has 0 saturated heterocycles. The lowest BCUT2D eigenvalue weighted by Crippen LogP contribution is -2.27. The van der Waals surface area contributed by atoms with Gasteiger partial charge in [-0.25, -0.2) is 0 Å². The van der Waals surface area contributed by atoms with Crippen LogP contribution in [0.1, 0.15) is 15.4 Å². The number of fused-ring (bicyclic) bond motifs is 1. The van der Waals surface area contributed by atoms with Gasteiger partial charge in [-0.2, -0.15) is 5.10 Å². The minimum absolute atomic E-state index is 0.173. The smallest absolute Gasteiger partial charge is 0.263 e. The second-order valence-corrected chi connectivity index (χ2v) is 5.66. The Bertz CT molecular complexity index is 786. The van der Waals surface area contributed by atoms with Crippen molar-refractivity contribution in [2.75, 3.05) is 12.3 Å². The topological polar surface area (TPSA) is 104 Å². The van der Waals surface area contributed by atoms with Crippen LogP contribution in [-0.4, -0.2) is 37.2 Å². The van der Waals surface area contributed by atoms with Crippen LogP contribution >= 0.6 is 11.3 Å². The zero-order valence-electron chi connectivity index (χ0n) is 11.7. The zero-order valence-corrected chi connectivity index (χ0v) is 12.5. The van der Waals surface area contributed by atoms with Gasteiger partial charge in [0, 0.05) is 19.8 Å². The number of hydrogen-bond acceptors (Lipinski definition) is 6. The Morgan fingerprint density at radius 2 is 2.33 bits per heavy atom. The summed E-state index contributed by atoms with van der Waals surface area (Å²) in [5.41, 5.74) is 7.42. The molecule has 3 N–H and O–H groups in total. The van der Waals surface area contributed by atoms with Gasteiger partial charge in [0.2, 0.25) is 0 Å².